The lowest BCUT2D eigenvalue weighted by molar-refractivity contribution is 0.0105. The molecule has 0 unspecified atom stereocenters. The lowest BCUT2D eigenvalue weighted by Gasteiger charge is -2.39. The van der Waals surface area contributed by atoms with E-state index in [1.807, 2.05) is 49.4 Å². The van der Waals surface area contributed by atoms with Crippen LogP contribution in [-0.2, 0) is 10.3 Å². The van der Waals surface area contributed by atoms with Gasteiger partial charge in [-0.05, 0) is 30.8 Å². The molecule has 0 spiro atoms. The van der Waals surface area contributed by atoms with Crippen molar-refractivity contribution in [3.8, 4) is 0 Å². The Morgan fingerprint density at radius 1 is 0.909 bits per heavy atom. The first kappa shape index (κ1) is 15.3. The standard InChI is InChI=1S/C19H23BO2/c1-16-10-12-18(13-11-16)20(21)22-19(14-6-3-7-15-19)17-8-4-2-5-9-17/h2,4-5,8-13,21H,3,6-7,14-15H2,1H3. The highest BCUT2D eigenvalue weighted by atomic mass is 16.5. The Morgan fingerprint density at radius 2 is 1.55 bits per heavy atom. The van der Waals surface area contributed by atoms with E-state index >= 15 is 0 Å². The largest absolute Gasteiger partial charge is 0.491 e. The number of aryl methyl sites for hydroxylation is 1. The number of rotatable bonds is 4. The van der Waals surface area contributed by atoms with Crippen LogP contribution in [0.5, 0.6) is 0 Å². The molecule has 114 valence electrons. The summed E-state index contributed by atoms with van der Waals surface area (Å²) in [7, 11) is -0.876. The second-order valence-electron chi connectivity index (χ2n) is 6.30. The molecular formula is C19H23BO2. The van der Waals surface area contributed by atoms with Crippen LogP contribution < -0.4 is 5.46 Å². The molecule has 1 saturated carbocycles. The van der Waals surface area contributed by atoms with Gasteiger partial charge in [-0.3, -0.25) is 0 Å². The molecule has 0 heterocycles. The molecule has 1 N–H and O–H groups in total. The molecule has 1 aliphatic carbocycles. The van der Waals surface area contributed by atoms with Crippen LogP contribution in [0.1, 0.15) is 43.2 Å². The summed E-state index contributed by atoms with van der Waals surface area (Å²) in [5.41, 5.74) is 2.84. The first-order chi connectivity index (χ1) is 10.7. The average Bonchev–Trinajstić information content (AvgIpc) is 2.57. The molecule has 2 aromatic rings. The highest BCUT2D eigenvalue weighted by molar-refractivity contribution is 6.60. The van der Waals surface area contributed by atoms with E-state index in [0.29, 0.717) is 0 Å². The first-order valence-electron chi connectivity index (χ1n) is 8.18. The molecule has 0 aliphatic heterocycles. The van der Waals surface area contributed by atoms with Crippen molar-refractivity contribution in [2.24, 2.45) is 0 Å². The van der Waals surface area contributed by atoms with E-state index in [-0.39, 0.29) is 5.60 Å². The third-order valence-corrected chi connectivity index (χ3v) is 4.66. The van der Waals surface area contributed by atoms with E-state index in [4.69, 9.17) is 4.65 Å². The SMILES string of the molecule is Cc1ccc(B(O)OC2(c3ccccc3)CCCCC2)cc1. The molecule has 0 atom stereocenters. The summed E-state index contributed by atoms with van der Waals surface area (Å²) >= 11 is 0. The van der Waals surface area contributed by atoms with Gasteiger partial charge in [0.25, 0.3) is 0 Å². The molecular weight excluding hydrogens is 271 g/mol. The highest BCUT2D eigenvalue weighted by Gasteiger charge is 2.38. The van der Waals surface area contributed by atoms with Gasteiger partial charge in [0.15, 0.2) is 0 Å². The Balaban J connectivity index is 1.85. The third-order valence-electron chi connectivity index (χ3n) is 4.66. The lowest BCUT2D eigenvalue weighted by atomic mass is 9.73. The normalized spacial score (nSPS) is 17.2. The van der Waals surface area contributed by atoms with Gasteiger partial charge in [0.2, 0.25) is 0 Å². The zero-order valence-corrected chi connectivity index (χ0v) is 13.2. The molecule has 3 rings (SSSR count). The van der Waals surface area contributed by atoms with Crippen molar-refractivity contribution in [2.45, 2.75) is 44.6 Å². The molecule has 22 heavy (non-hydrogen) atoms. The summed E-state index contributed by atoms with van der Waals surface area (Å²) in [6.07, 6.45) is 5.49. The minimum Gasteiger partial charge on any atom is -0.423 e. The van der Waals surface area contributed by atoms with Crippen molar-refractivity contribution < 1.29 is 9.68 Å². The van der Waals surface area contributed by atoms with Crippen LogP contribution in [0.25, 0.3) is 0 Å². The van der Waals surface area contributed by atoms with Crippen LogP contribution in [-0.4, -0.2) is 12.1 Å². The number of hydrogen-bond donors (Lipinski definition) is 1. The zero-order valence-electron chi connectivity index (χ0n) is 13.2. The Morgan fingerprint density at radius 3 is 2.18 bits per heavy atom. The zero-order chi connectivity index (χ0) is 15.4. The number of hydrogen-bond acceptors (Lipinski definition) is 2. The van der Waals surface area contributed by atoms with Crippen LogP contribution in [0, 0.1) is 6.92 Å². The average molecular weight is 294 g/mol. The molecule has 1 aliphatic rings. The molecule has 0 saturated heterocycles. The molecule has 0 amide bonds. The monoisotopic (exact) mass is 294 g/mol. The molecule has 0 aromatic heterocycles. The van der Waals surface area contributed by atoms with Crippen LogP contribution in [0.2, 0.25) is 0 Å². The minimum absolute atomic E-state index is 0.357. The quantitative estimate of drug-likeness (QED) is 0.874. The van der Waals surface area contributed by atoms with Gasteiger partial charge in [-0.25, -0.2) is 0 Å². The second kappa shape index (κ2) is 6.68. The summed E-state index contributed by atoms with van der Waals surface area (Å²) in [4.78, 5) is 0. The summed E-state index contributed by atoms with van der Waals surface area (Å²) in [5, 5.41) is 10.6. The van der Waals surface area contributed by atoms with Crippen LogP contribution in [0.3, 0.4) is 0 Å². The van der Waals surface area contributed by atoms with E-state index in [0.717, 1.165) is 31.1 Å². The molecule has 1 fully saturated rings. The minimum atomic E-state index is -0.876. The van der Waals surface area contributed by atoms with E-state index in [1.165, 1.54) is 17.5 Å². The molecule has 0 bridgehead atoms. The summed E-state index contributed by atoms with van der Waals surface area (Å²) in [6, 6.07) is 18.3. The van der Waals surface area contributed by atoms with E-state index < -0.39 is 7.12 Å². The maximum absolute atomic E-state index is 10.6. The van der Waals surface area contributed by atoms with Gasteiger partial charge in [0.1, 0.15) is 0 Å². The van der Waals surface area contributed by atoms with Gasteiger partial charge in [0.05, 0.1) is 5.60 Å². The van der Waals surface area contributed by atoms with Gasteiger partial charge in [-0.15, -0.1) is 0 Å². The Bertz CT molecular complexity index is 589. The maximum atomic E-state index is 10.6. The lowest BCUT2D eigenvalue weighted by Crippen LogP contribution is -2.44. The molecule has 0 radical (unpaired) electrons. The van der Waals surface area contributed by atoms with Crippen LogP contribution >= 0.6 is 0 Å². The first-order valence-corrected chi connectivity index (χ1v) is 8.18. The van der Waals surface area contributed by atoms with E-state index in [9.17, 15) is 5.02 Å². The predicted molar refractivity (Wildman–Crippen MR) is 91.1 cm³/mol. The smallest absolute Gasteiger partial charge is 0.423 e. The summed E-state index contributed by atoms with van der Waals surface area (Å²) in [5.74, 6) is 0. The molecule has 3 heteroatoms. The van der Waals surface area contributed by atoms with Crippen LogP contribution in [0.15, 0.2) is 54.6 Å². The topological polar surface area (TPSA) is 29.5 Å². The summed E-state index contributed by atoms with van der Waals surface area (Å²) in [6.45, 7) is 2.05. The van der Waals surface area contributed by atoms with Gasteiger partial charge < -0.3 is 9.68 Å². The van der Waals surface area contributed by atoms with Gasteiger partial charge in [-0.1, -0.05) is 79.4 Å². The van der Waals surface area contributed by atoms with Gasteiger partial charge >= 0.3 is 7.12 Å². The fraction of sp³-hybridized carbons (Fsp3) is 0.368. The van der Waals surface area contributed by atoms with Crippen molar-refractivity contribution in [2.75, 3.05) is 0 Å². The van der Waals surface area contributed by atoms with Gasteiger partial charge in [0, 0.05) is 0 Å². The Kier molecular flexibility index (Phi) is 4.65. The third kappa shape index (κ3) is 3.26. The van der Waals surface area contributed by atoms with Crippen molar-refractivity contribution in [3.63, 3.8) is 0 Å². The van der Waals surface area contributed by atoms with Gasteiger partial charge in [-0.2, -0.15) is 0 Å². The number of benzene rings is 2. The predicted octanol–water partition coefficient (Wildman–Crippen LogP) is 3.56. The van der Waals surface area contributed by atoms with Crippen molar-refractivity contribution >= 4 is 12.6 Å². The van der Waals surface area contributed by atoms with Crippen LogP contribution in [0.4, 0.5) is 0 Å². The Labute approximate surface area is 133 Å². The van der Waals surface area contributed by atoms with Crippen molar-refractivity contribution in [1.82, 2.24) is 0 Å². The maximum Gasteiger partial charge on any atom is 0.491 e. The highest BCUT2D eigenvalue weighted by Crippen LogP contribution is 2.40. The fourth-order valence-corrected chi connectivity index (χ4v) is 3.35. The Hall–Kier alpha value is -1.58. The molecule has 2 nitrogen and oxygen atoms in total. The van der Waals surface area contributed by atoms with Crippen molar-refractivity contribution in [1.29, 1.82) is 0 Å². The van der Waals surface area contributed by atoms with Crippen molar-refractivity contribution in [3.05, 3.63) is 65.7 Å². The molecule has 2 aromatic carbocycles. The van der Waals surface area contributed by atoms with E-state index in [1.54, 1.807) is 0 Å². The summed E-state index contributed by atoms with van der Waals surface area (Å²) < 4.78 is 6.25. The fourth-order valence-electron chi connectivity index (χ4n) is 3.35. The van der Waals surface area contributed by atoms with E-state index in [2.05, 4.69) is 12.1 Å². The second-order valence-corrected chi connectivity index (χ2v) is 6.30.